The molecule has 5 nitrogen and oxygen atoms in total. The third kappa shape index (κ3) is 4.41. The van der Waals surface area contributed by atoms with Gasteiger partial charge in [-0.25, -0.2) is 0 Å². The zero-order chi connectivity index (χ0) is 12.8. The highest BCUT2D eigenvalue weighted by molar-refractivity contribution is 9.10. The van der Waals surface area contributed by atoms with Crippen LogP contribution in [0.3, 0.4) is 0 Å². The van der Waals surface area contributed by atoms with E-state index < -0.39 is 4.92 Å². The molecular weight excluding hydrogens is 288 g/mol. The van der Waals surface area contributed by atoms with Crippen LogP contribution in [0, 0.1) is 10.1 Å². The Morgan fingerprint density at radius 2 is 2.29 bits per heavy atom. The van der Waals surface area contributed by atoms with Crippen molar-refractivity contribution in [2.75, 3.05) is 6.54 Å². The molecule has 0 saturated heterocycles. The van der Waals surface area contributed by atoms with Crippen molar-refractivity contribution in [3.8, 4) is 0 Å². The number of nitrogens with one attached hydrogen (secondary N) is 1. The number of hydrogen-bond acceptors (Lipinski definition) is 4. The van der Waals surface area contributed by atoms with Gasteiger partial charge in [0.05, 0.1) is 11.0 Å². The topological polar surface area (TPSA) is 75.4 Å². The Morgan fingerprint density at radius 1 is 1.59 bits per heavy atom. The fourth-order valence-corrected chi connectivity index (χ4v) is 1.82. The number of rotatable bonds is 6. The van der Waals surface area contributed by atoms with Crippen molar-refractivity contribution in [3.63, 3.8) is 0 Å². The number of halogens is 1. The first-order chi connectivity index (χ1) is 8.04. The summed E-state index contributed by atoms with van der Waals surface area (Å²) < 4.78 is 0.699. The maximum absolute atomic E-state index is 10.5. The molecule has 0 aromatic heterocycles. The van der Waals surface area contributed by atoms with E-state index in [1.54, 1.807) is 6.07 Å². The molecule has 0 radical (unpaired) electrons. The highest BCUT2D eigenvalue weighted by atomic mass is 79.9. The lowest BCUT2D eigenvalue weighted by molar-refractivity contribution is -0.384. The minimum absolute atomic E-state index is 0.0641. The van der Waals surface area contributed by atoms with E-state index in [2.05, 4.69) is 21.2 Å². The maximum atomic E-state index is 10.5. The zero-order valence-corrected chi connectivity index (χ0v) is 11.1. The summed E-state index contributed by atoms with van der Waals surface area (Å²) >= 11 is 3.29. The molecule has 1 atom stereocenters. The smallest absolute Gasteiger partial charge is 0.270 e. The van der Waals surface area contributed by atoms with Crippen LogP contribution in [0.2, 0.25) is 0 Å². The monoisotopic (exact) mass is 302 g/mol. The van der Waals surface area contributed by atoms with Crippen molar-refractivity contribution in [3.05, 3.63) is 38.3 Å². The molecule has 1 unspecified atom stereocenters. The lowest BCUT2D eigenvalue weighted by atomic mass is 10.2. The molecule has 1 rings (SSSR count). The lowest BCUT2D eigenvalue weighted by Gasteiger charge is -2.10. The first-order valence-electron chi connectivity index (χ1n) is 5.36. The summed E-state index contributed by atoms with van der Waals surface area (Å²) in [6.07, 6.45) is 0.348. The molecule has 0 bridgehead atoms. The van der Waals surface area contributed by atoms with Crippen LogP contribution in [0.1, 0.15) is 18.9 Å². The Balaban J connectivity index is 2.57. The second kappa shape index (κ2) is 6.68. The average molecular weight is 303 g/mol. The van der Waals surface area contributed by atoms with E-state index in [1.807, 2.05) is 6.92 Å². The third-order valence-corrected chi connectivity index (χ3v) is 3.15. The SMILES string of the molecule is CCC(O)CNCc1ccc([N+](=O)[O-])cc1Br. The fraction of sp³-hybridized carbons (Fsp3) is 0.455. The minimum atomic E-state index is -0.428. The van der Waals surface area contributed by atoms with E-state index >= 15 is 0 Å². The van der Waals surface area contributed by atoms with Gasteiger partial charge in [-0.1, -0.05) is 22.9 Å². The van der Waals surface area contributed by atoms with Gasteiger partial charge in [0.1, 0.15) is 0 Å². The van der Waals surface area contributed by atoms with E-state index in [4.69, 9.17) is 0 Å². The van der Waals surface area contributed by atoms with Gasteiger partial charge in [-0.3, -0.25) is 10.1 Å². The van der Waals surface area contributed by atoms with Gasteiger partial charge in [-0.05, 0) is 18.1 Å². The molecule has 0 spiro atoms. The van der Waals surface area contributed by atoms with Crippen LogP contribution < -0.4 is 5.32 Å². The second-order valence-corrected chi connectivity index (χ2v) is 4.58. The van der Waals surface area contributed by atoms with Crippen LogP contribution in [-0.2, 0) is 6.54 Å². The number of nitrogens with zero attached hydrogens (tertiary/aromatic N) is 1. The van der Waals surface area contributed by atoms with Crippen LogP contribution in [-0.4, -0.2) is 22.7 Å². The molecule has 0 aliphatic carbocycles. The van der Waals surface area contributed by atoms with Crippen molar-refractivity contribution in [1.29, 1.82) is 0 Å². The molecule has 1 aromatic carbocycles. The Morgan fingerprint density at radius 3 is 2.82 bits per heavy atom. The molecule has 0 saturated carbocycles. The van der Waals surface area contributed by atoms with Crippen LogP contribution in [0.25, 0.3) is 0 Å². The molecule has 2 N–H and O–H groups in total. The highest BCUT2D eigenvalue weighted by Gasteiger charge is 2.09. The number of non-ortho nitro benzene ring substituents is 1. The number of aliphatic hydroxyl groups is 1. The van der Waals surface area contributed by atoms with Crippen LogP contribution in [0.4, 0.5) is 5.69 Å². The standard InChI is InChI=1S/C11H15BrN2O3/c1-2-10(15)7-13-6-8-3-4-9(14(16)17)5-11(8)12/h3-5,10,13,15H,2,6-7H2,1H3. The summed E-state index contributed by atoms with van der Waals surface area (Å²) in [4.78, 5) is 10.1. The first-order valence-corrected chi connectivity index (χ1v) is 6.15. The normalized spacial score (nSPS) is 12.4. The van der Waals surface area contributed by atoms with E-state index in [0.29, 0.717) is 24.0 Å². The molecule has 6 heteroatoms. The molecular formula is C11H15BrN2O3. The van der Waals surface area contributed by atoms with Crippen molar-refractivity contribution >= 4 is 21.6 Å². The van der Waals surface area contributed by atoms with Gasteiger partial charge in [0.25, 0.3) is 5.69 Å². The molecule has 0 aliphatic heterocycles. The number of nitro benzene ring substituents is 1. The van der Waals surface area contributed by atoms with Gasteiger partial charge in [0, 0.05) is 29.7 Å². The van der Waals surface area contributed by atoms with Gasteiger partial charge in [0.2, 0.25) is 0 Å². The summed E-state index contributed by atoms with van der Waals surface area (Å²) in [5, 5.41) is 23.0. The summed E-state index contributed by atoms with van der Waals surface area (Å²) in [6, 6.07) is 4.65. The third-order valence-electron chi connectivity index (χ3n) is 2.41. The molecule has 0 aliphatic rings. The van der Waals surface area contributed by atoms with Crippen LogP contribution in [0.5, 0.6) is 0 Å². The number of benzene rings is 1. The maximum Gasteiger partial charge on any atom is 0.270 e. The molecule has 0 heterocycles. The zero-order valence-electron chi connectivity index (χ0n) is 9.52. The molecule has 1 aromatic rings. The van der Waals surface area contributed by atoms with Crippen LogP contribution in [0.15, 0.2) is 22.7 Å². The summed E-state index contributed by atoms with van der Waals surface area (Å²) in [5.41, 5.74) is 0.994. The van der Waals surface area contributed by atoms with Crippen molar-refractivity contribution in [2.24, 2.45) is 0 Å². The Kier molecular flexibility index (Phi) is 5.54. The van der Waals surface area contributed by atoms with Gasteiger partial charge in [-0.15, -0.1) is 0 Å². The largest absolute Gasteiger partial charge is 0.392 e. The number of hydrogen-bond donors (Lipinski definition) is 2. The van der Waals surface area contributed by atoms with Crippen LogP contribution >= 0.6 is 15.9 Å². The van der Waals surface area contributed by atoms with Crippen molar-refractivity contribution in [2.45, 2.75) is 26.0 Å². The predicted molar refractivity (Wildman–Crippen MR) is 68.8 cm³/mol. The summed E-state index contributed by atoms with van der Waals surface area (Å²) in [6.45, 7) is 2.99. The van der Waals surface area contributed by atoms with Gasteiger partial charge < -0.3 is 10.4 Å². The predicted octanol–water partition coefficient (Wildman–Crippen LogP) is 2.22. The Bertz CT molecular complexity index is 398. The van der Waals surface area contributed by atoms with E-state index in [1.165, 1.54) is 12.1 Å². The highest BCUT2D eigenvalue weighted by Crippen LogP contribution is 2.22. The average Bonchev–Trinajstić information content (AvgIpc) is 2.30. The van der Waals surface area contributed by atoms with E-state index in [-0.39, 0.29) is 11.8 Å². The molecule has 17 heavy (non-hydrogen) atoms. The molecule has 0 amide bonds. The van der Waals surface area contributed by atoms with E-state index in [0.717, 1.165) is 5.56 Å². The fourth-order valence-electron chi connectivity index (χ4n) is 1.31. The quantitative estimate of drug-likeness (QED) is 0.624. The van der Waals surface area contributed by atoms with Gasteiger partial charge >= 0.3 is 0 Å². The Hall–Kier alpha value is -0.980. The summed E-state index contributed by atoms with van der Waals surface area (Å²) in [7, 11) is 0. The van der Waals surface area contributed by atoms with Crippen molar-refractivity contribution in [1.82, 2.24) is 5.32 Å². The van der Waals surface area contributed by atoms with Gasteiger partial charge in [0.15, 0.2) is 0 Å². The summed E-state index contributed by atoms with van der Waals surface area (Å²) in [5.74, 6) is 0. The lowest BCUT2D eigenvalue weighted by Crippen LogP contribution is -2.25. The molecule has 0 fully saturated rings. The Labute approximate surface area is 108 Å². The minimum Gasteiger partial charge on any atom is -0.392 e. The molecule has 94 valence electrons. The second-order valence-electron chi connectivity index (χ2n) is 3.73. The van der Waals surface area contributed by atoms with E-state index in [9.17, 15) is 15.2 Å². The van der Waals surface area contributed by atoms with Gasteiger partial charge in [-0.2, -0.15) is 0 Å². The number of nitro groups is 1. The first kappa shape index (κ1) is 14.1. The number of aliphatic hydroxyl groups excluding tert-OH is 1. The van der Waals surface area contributed by atoms with Crippen molar-refractivity contribution < 1.29 is 10.0 Å².